The molecule has 22 heavy (non-hydrogen) atoms. The van der Waals surface area contributed by atoms with Gasteiger partial charge in [-0.15, -0.1) is 0 Å². The highest BCUT2D eigenvalue weighted by atomic mass is 35.5. The number of hydrogen-bond acceptors (Lipinski definition) is 3. The van der Waals surface area contributed by atoms with Gasteiger partial charge < -0.3 is 0 Å². The summed E-state index contributed by atoms with van der Waals surface area (Å²) in [6.45, 7) is 0. The molecule has 0 unspecified atom stereocenters. The van der Waals surface area contributed by atoms with Gasteiger partial charge in [0.05, 0.1) is 16.2 Å². The van der Waals surface area contributed by atoms with Crippen LogP contribution < -0.4 is 4.31 Å². The van der Waals surface area contributed by atoms with E-state index in [1.54, 1.807) is 42.5 Å². The van der Waals surface area contributed by atoms with Gasteiger partial charge in [-0.25, -0.2) is 8.42 Å². The summed E-state index contributed by atoms with van der Waals surface area (Å²) in [5, 5.41) is 0.806. The van der Waals surface area contributed by atoms with Gasteiger partial charge in [-0.05, 0) is 18.2 Å². The third kappa shape index (κ3) is 2.42. The van der Waals surface area contributed by atoms with Gasteiger partial charge in [-0.3, -0.25) is 9.29 Å². The number of pyridine rings is 1. The van der Waals surface area contributed by atoms with E-state index in [1.165, 1.54) is 17.5 Å². The SMILES string of the molecule is CN(c1ccccc1)S(=O)(=O)c1cnc2ccccc2c1Cl. The molecule has 3 rings (SSSR count). The third-order valence-electron chi connectivity index (χ3n) is 3.44. The number of para-hydroxylation sites is 2. The van der Waals surface area contributed by atoms with Gasteiger partial charge in [-0.1, -0.05) is 48.0 Å². The summed E-state index contributed by atoms with van der Waals surface area (Å²) in [5.41, 5.74) is 1.22. The van der Waals surface area contributed by atoms with Crippen LogP contribution in [0.4, 0.5) is 5.69 Å². The van der Waals surface area contributed by atoms with E-state index in [4.69, 9.17) is 11.6 Å². The molecule has 6 heteroatoms. The molecule has 1 heterocycles. The number of aromatic nitrogens is 1. The second kappa shape index (κ2) is 5.59. The maximum Gasteiger partial charge on any atom is 0.267 e. The summed E-state index contributed by atoms with van der Waals surface area (Å²) in [6, 6.07) is 16.0. The molecular weight excluding hydrogens is 320 g/mol. The molecule has 0 amide bonds. The van der Waals surface area contributed by atoms with Crippen LogP contribution >= 0.6 is 11.6 Å². The Morgan fingerprint density at radius 3 is 2.36 bits per heavy atom. The van der Waals surface area contributed by atoms with Gasteiger partial charge in [0, 0.05) is 18.6 Å². The lowest BCUT2D eigenvalue weighted by atomic mass is 10.2. The molecule has 4 nitrogen and oxygen atoms in total. The van der Waals surface area contributed by atoms with Crippen LogP contribution in [-0.2, 0) is 10.0 Å². The van der Waals surface area contributed by atoms with Crippen LogP contribution in [0.1, 0.15) is 0 Å². The minimum atomic E-state index is -3.78. The van der Waals surface area contributed by atoms with E-state index in [2.05, 4.69) is 4.98 Å². The predicted molar refractivity (Wildman–Crippen MR) is 88.8 cm³/mol. The van der Waals surface area contributed by atoms with Gasteiger partial charge in [-0.2, -0.15) is 0 Å². The van der Waals surface area contributed by atoms with Gasteiger partial charge in [0.1, 0.15) is 4.90 Å². The van der Waals surface area contributed by atoms with Crippen molar-refractivity contribution in [2.24, 2.45) is 0 Å². The van der Waals surface area contributed by atoms with Gasteiger partial charge >= 0.3 is 0 Å². The zero-order chi connectivity index (χ0) is 15.7. The van der Waals surface area contributed by atoms with E-state index in [0.717, 1.165) is 0 Å². The molecule has 0 saturated heterocycles. The fourth-order valence-corrected chi connectivity index (χ4v) is 3.91. The number of fused-ring (bicyclic) bond motifs is 1. The van der Waals surface area contributed by atoms with Crippen molar-refractivity contribution in [3.63, 3.8) is 0 Å². The van der Waals surface area contributed by atoms with Gasteiger partial charge in [0.2, 0.25) is 0 Å². The first-order chi connectivity index (χ1) is 10.5. The highest BCUT2D eigenvalue weighted by Gasteiger charge is 2.25. The average Bonchev–Trinajstić information content (AvgIpc) is 2.55. The number of rotatable bonds is 3. The number of hydrogen-bond donors (Lipinski definition) is 0. The van der Waals surface area contributed by atoms with Crippen LogP contribution in [0.25, 0.3) is 10.9 Å². The number of anilines is 1. The van der Waals surface area contributed by atoms with Crippen LogP contribution in [0.5, 0.6) is 0 Å². The first-order valence-corrected chi connectivity index (χ1v) is 8.41. The molecule has 0 saturated carbocycles. The minimum absolute atomic E-state index is 0.000722. The highest BCUT2D eigenvalue weighted by molar-refractivity contribution is 7.93. The first-order valence-electron chi connectivity index (χ1n) is 6.59. The Morgan fingerprint density at radius 2 is 1.64 bits per heavy atom. The summed E-state index contributed by atoms with van der Waals surface area (Å²) in [5.74, 6) is 0. The molecule has 112 valence electrons. The van der Waals surface area contributed by atoms with Crippen LogP contribution in [-0.4, -0.2) is 20.4 Å². The van der Waals surface area contributed by atoms with E-state index in [-0.39, 0.29) is 9.92 Å². The molecule has 0 radical (unpaired) electrons. The largest absolute Gasteiger partial charge is 0.269 e. The maximum absolute atomic E-state index is 12.8. The Balaban J connectivity index is 2.16. The van der Waals surface area contributed by atoms with Crippen LogP contribution in [0.3, 0.4) is 0 Å². The summed E-state index contributed by atoms with van der Waals surface area (Å²) in [4.78, 5) is 4.19. The zero-order valence-corrected chi connectivity index (χ0v) is 13.3. The zero-order valence-electron chi connectivity index (χ0n) is 11.8. The van der Waals surface area contributed by atoms with Crippen molar-refractivity contribution in [3.05, 3.63) is 65.8 Å². The Morgan fingerprint density at radius 1 is 1.00 bits per heavy atom. The molecule has 2 aromatic carbocycles. The lowest BCUT2D eigenvalue weighted by molar-refractivity contribution is 0.594. The average molecular weight is 333 g/mol. The van der Waals surface area contributed by atoms with Crippen molar-refractivity contribution in [2.45, 2.75) is 4.90 Å². The molecule has 0 aliphatic rings. The van der Waals surface area contributed by atoms with Gasteiger partial charge in [0.25, 0.3) is 10.0 Å². The molecule has 0 fully saturated rings. The summed E-state index contributed by atoms with van der Waals surface area (Å²) in [7, 11) is -2.28. The minimum Gasteiger partial charge on any atom is -0.269 e. The number of benzene rings is 2. The highest BCUT2D eigenvalue weighted by Crippen LogP contribution is 2.31. The second-order valence-electron chi connectivity index (χ2n) is 4.76. The van der Waals surface area contributed by atoms with Crippen molar-refractivity contribution < 1.29 is 8.42 Å². The summed E-state index contributed by atoms with van der Waals surface area (Å²) >= 11 is 6.31. The van der Waals surface area contributed by atoms with E-state index in [1.807, 2.05) is 12.1 Å². The summed E-state index contributed by atoms with van der Waals surface area (Å²) < 4.78 is 26.8. The lowest BCUT2D eigenvalue weighted by Crippen LogP contribution is -2.26. The monoisotopic (exact) mass is 332 g/mol. The Hall–Kier alpha value is -2.11. The molecule has 0 atom stereocenters. The van der Waals surface area contributed by atoms with Gasteiger partial charge in [0.15, 0.2) is 0 Å². The van der Waals surface area contributed by atoms with Crippen molar-refractivity contribution >= 4 is 38.2 Å². The Bertz CT molecular complexity index is 927. The second-order valence-corrected chi connectivity index (χ2v) is 7.08. The third-order valence-corrected chi connectivity index (χ3v) is 5.75. The standard InChI is InChI=1S/C16H13ClN2O2S/c1-19(12-7-3-2-4-8-12)22(20,21)15-11-18-14-10-6-5-9-13(14)16(15)17/h2-11H,1H3. The lowest BCUT2D eigenvalue weighted by Gasteiger charge is -2.20. The molecular formula is C16H13ClN2O2S. The van der Waals surface area contributed by atoms with Crippen LogP contribution in [0, 0.1) is 0 Å². The van der Waals surface area contributed by atoms with Crippen molar-refractivity contribution in [1.82, 2.24) is 4.98 Å². The molecule has 0 bridgehead atoms. The molecule has 1 aromatic heterocycles. The Kier molecular flexibility index (Phi) is 3.76. The fourth-order valence-electron chi connectivity index (χ4n) is 2.19. The fraction of sp³-hybridized carbons (Fsp3) is 0.0625. The molecule has 0 N–H and O–H groups in total. The van der Waals surface area contributed by atoms with Crippen LogP contribution in [0.2, 0.25) is 5.02 Å². The van der Waals surface area contributed by atoms with E-state index in [9.17, 15) is 8.42 Å². The van der Waals surface area contributed by atoms with Crippen molar-refractivity contribution in [2.75, 3.05) is 11.4 Å². The van der Waals surface area contributed by atoms with E-state index in [0.29, 0.717) is 16.6 Å². The van der Waals surface area contributed by atoms with Crippen molar-refractivity contribution in [3.8, 4) is 0 Å². The van der Waals surface area contributed by atoms with E-state index >= 15 is 0 Å². The topological polar surface area (TPSA) is 50.3 Å². The molecule has 3 aromatic rings. The molecule has 0 aliphatic heterocycles. The Labute approximate surface area is 134 Å². The molecule has 0 aliphatic carbocycles. The summed E-state index contributed by atoms with van der Waals surface area (Å²) in [6.07, 6.45) is 1.30. The number of sulfonamides is 1. The smallest absolute Gasteiger partial charge is 0.267 e. The van der Waals surface area contributed by atoms with E-state index < -0.39 is 10.0 Å². The maximum atomic E-state index is 12.8. The predicted octanol–water partition coefficient (Wildman–Crippen LogP) is 3.71. The normalized spacial score (nSPS) is 11.5. The van der Waals surface area contributed by atoms with Crippen LogP contribution in [0.15, 0.2) is 65.7 Å². The molecule has 0 spiro atoms. The van der Waals surface area contributed by atoms with Crippen molar-refractivity contribution in [1.29, 1.82) is 0 Å². The number of halogens is 1. The quantitative estimate of drug-likeness (QED) is 0.734. The number of nitrogens with zero attached hydrogens (tertiary/aromatic N) is 2. The first kappa shape index (κ1) is 14.8.